The summed E-state index contributed by atoms with van der Waals surface area (Å²) in [7, 11) is 1.71. The van der Waals surface area contributed by atoms with Gasteiger partial charge in [-0.2, -0.15) is 0 Å². The van der Waals surface area contributed by atoms with E-state index in [4.69, 9.17) is 9.47 Å². The van der Waals surface area contributed by atoms with E-state index in [2.05, 4.69) is 19.1 Å². The van der Waals surface area contributed by atoms with Crippen LogP contribution >= 0.6 is 0 Å². The lowest BCUT2D eigenvalue weighted by Crippen LogP contribution is -2.04. The van der Waals surface area contributed by atoms with E-state index < -0.39 is 0 Å². The van der Waals surface area contributed by atoms with Crippen molar-refractivity contribution < 1.29 is 9.47 Å². The quantitative estimate of drug-likeness (QED) is 0.672. The van der Waals surface area contributed by atoms with E-state index in [1.54, 1.807) is 7.11 Å². The van der Waals surface area contributed by atoms with Crippen molar-refractivity contribution >= 4 is 0 Å². The minimum absolute atomic E-state index is 0.476. The molecular formula is C17H26O2. The van der Waals surface area contributed by atoms with E-state index in [1.165, 1.54) is 44.1 Å². The molecular weight excluding hydrogens is 236 g/mol. The molecule has 1 fully saturated rings. The van der Waals surface area contributed by atoms with Crippen molar-refractivity contribution in [1.29, 1.82) is 0 Å². The highest BCUT2D eigenvalue weighted by molar-refractivity contribution is 5.29. The van der Waals surface area contributed by atoms with Crippen molar-refractivity contribution in [1.82, 2.24) is 0 Å². The van der Waals surface area contributed by atoms with Gasteiger partial charge in [-0.05, 0) is 30.5 Å². The highest BCUT2D eigenvalue weighted by Gasteiger charge is 2.26. The smallest absolute Gasteiger partial charge is 0.118 e. The minimum atomic E-state index is 0.476. The van der Waals surface area contributed by atoms with E-state index in [-0.39, 0.29) is 0 Å². The molecule has 1 heterocycles. The topological polar surface area (TPSA) is 18.5 Å². The molecule has 2 nitrogen and oxygen atoms in total. The lowest BCUT2D eigenvalue weighted by molar-refractivity contribution is 0.100. The molecule has 0 unspecified atom stereocenters. The largest absolute Gasteiger partial charge is 0.497 e. The van der Waals surface area contributed by atoms with Gasteiger partial charge in [0.1, 0.15) is 5.75 Å². The summed E-state index contributed by atoms with van der Waals surface area (Å²) in [4.78, 5) is 0. The summed E-state index contributed by atoms with van der Waals surface area (Å²) < 4.78 is 11.1. The van der Waals surface area contributed by atoms with Crippen LogP contribution < -0.4 is 4.74 Å². The summed E-state index contributed by atoms with van der Waals surface area (Å²) in [5.74, 6) is 1.50. The number of hydrogen-bond donors (Lipinski definition) is 0. The lowest BCUT2D eigenvalue weighted by Gasteiger charge is -2.10. The summed E-state index contributed by atoms with van der Waals surface area (Å²) in [6.45, 7) is 3.14. The number of methoxy groups -OCH3 is 1. The predicted molar refractivity (Wildman–Crippen MR) is 78.9 cm³/mol. The van der Waals surface area contributed by atoms with Crippen LogP contribution in [-0.4, -0.2) is 19.8 Å². The van der Waals surface area contributed by atoms with Crippen LogP contribution in [0.3, 0.4) is 0 Å². The van der Waals surface area contributed by atoms with E-state index >= 15 is 0 Å². The van der Waals surface area contributed by atoms with Crippen LogP contribution in [0.15, 0.2) is 24.3 Å². The zero-order chi connectivity index (χ0) is 13.5. The Balaban J connectivity index is 1.77. The maximum atomic E-state index is 5.93. The Bertz CT molecular complexity index is 358. The molecule has 1 saturated heterocycles. The van der Waals surface area contributed by atoms with Gasteiger partial charge >= 0.3 is 0 Å². The van der Waals surface area contributed by atoms with E-state index in [0.29, 0.717) is 12.0 Å². The number of hydrogen-bond acceptors (Lipinski definition) is 2. The molecule has 2 atom stereocenters. The molecule has 19 heavy (non-hydrogen) atoms. The number of benzene rings is 1. The molecule has 1 aliphatic heterocycles. The Morgan fingerprint density at radius 3 is 2.63 bits per heavy atom. The highest BCUT2D eigenvalue weighted by atomic mass is 16.5. The number of unbranched alkanes of at least 4 members (excludes halogenated alkanes) is 3. The fourth-order valence-corrected chi connectivity index (χ4v) is 2.81. The second-order valence-corrected chi connectivity index (χ2v) is 5.51. The van der Waals surface area contributed by atoms with Crippen molar-refractivity contribution in [3.8, 4) is 5.75 Å². The summed E-state index contributed by atoms with van der Waals surface area (Å²) >= 11 is 0. The first kappa shape index (κ1) is 14.4. The predicted octanol–water partition coefficient (Wildman–Crippen LogP) is 4.54. The van der Waals surface area contributed by atoms with E-state index in [9.17, 15) is 0 Å². The maximum Gasteiger partial charge on any atom is 0.118 e. The standard InChI is InChI=1S/C17H26O2/c1-3-4-5-6-7-17-12-15(13-19-17)14-8-10-16(18-2)11-9-14/h8-11,15,17H,3-7,12-13H2,1-2H3/t15-,17+/m1/s1. The van der Waals surface area contributed by atoms with Crippen LogP contribution in [0.5, 0.6) is 5.75 Å². The Morgan fingerprint density at radius 1 is 1.16 bits per heavy atom. The SMILES string of the molecule is CCCCCC[C@H]1C[C@@H](c2ccc(OC)cc2)CO1. The van der Waals surface area contributed by atoms with Gasteiger partial charge in [-0.25, -0.2) is 0 Å². The fourth-order valence-electron chi connectivity index (χ4n) is 2.81. The third kappa shape index (κ3) is 4.24. The second kappa shape index (κ2) is 7.54. The van der Waals surface area contributed by atoms with Crippen LogP contribution in [0, 0.1) is 0 Å². The molecule has 1 aromatic rings. The zero-order valence-electron chi connectivity index (χ0n) is 12.2. The van der Waals surface area contributed by atoms with Gasteiger partial charge in [0, 0.05) is 5.92 Å². The Morgan fingerprint density at radius 2 is 1.95 bits per heavy atom. The molecule has 1 aromatic carbocycles. The normalized spacial score (nSPS) is 22.6. The van der Waals surface area contributed by atoms with Crippen LogP contribution in [0.2, 0.25) is 0 Å². The Kier molecular flexibility index (Phi) is 5.71. The monoisotopic (exact) mass is 262 g/mol. The summed E-state index contributed by atoms with van der Waals surface area (Å²) in [6.07, 6.45) is 8.21. The zero-order valence-corrected chi connectivity index (χ0v) is 12.2. The second-order valence-electron chi connectivity index (χ2n) is 5.51. The van der Waals surface area contributed by atoms with E-state index in [0.717, 1.165) is 12.4 Å². The van der Waals surface area contributed by atoms with Gasteiger partial charge in [0.05, 0.1) is 19.8 Å². The molecule has 0 radical (unpaired) electrons. The van der Waals surface area contributed by atoms with Crippen molar-refractivity contribution in [2.24, 2.45) is 0 Å². The van der Waals surface area contributed by atoms with Gasteiger partial charge in [-0.3, -0.25) is 0 Å². The highest BCUT2D eigenvalue weighted by Crippen LogP contribution is 2.32. The summed E-state index contributed by atoms with van der Waals surface area (Å²) in [5.41, 5.74) is 1.39. The number of rotatable bonds is 7. The van der Waals surface area contributed by atoms with E-state index in [1.807, 2.05) is 12.1 Å². The van der Waals surface area contributed by atoms with Gasteiger partial charge in [0.25, 0.3) is 0 Å². The molecule has 0 N–H and O–H groups in total. The molecule has 0 aromatic heterocycles. The maximum absolute atomic E-state index is 5.93. The fraction of sp³-hybridized carbons (Fsp3) is 0.647. The molecule has 0 saturated carbocycles. The molecule has 0 aliphatic carbocycles. The molecule has 2 rings (SSSR count). The van der Waals surface area contributed by atoms with Gasteiger partial charge in [0.15, 0.2) is 0 Å². The van der Waals surface area contributed by atoms with Gasteiger partial charge in [-0.15, -0.1) is 0 Å². The Labute approximate surface area is 117 Å². The lowest BCUT2D eigenvalue weighted by atomic mass is 9.94. The molecule has 0 bridgehead atoms. The van der Waals surface area contributed by atoms with Crippen molar-refractivity contribution in [3.63, 3.8) is 0 Å². The first-order valence-electron chi connectivity index (χ1n) is 7.59. The molecule has 0 amide bonds. The van der Waals surface area contributed by atoms with Crippen molar-refractivity contribution in [2.75, 3.05) is 13.7 Å². The van der Waals surface area contributed by atoms with Gasteiger partial charge in [0.2, 0.25) is 0 Å². The van der Waals surface area contributed by atoms with Crippen LogP contribution in [0.25, 0.3) is 0 Å². The van der Waals surface area contributed by atoms with Crippen molar-refractivity contribution in [3.05, 3.63) is 29.8 Å². The van der Waals surface area contributed by atoms with Gasteiger partial charge in [-0.1, -0.05) is 44.7 Å². The average molecular weight is 262 g/mol. The third-order valence-electron chi connectivity index (χ3n) is 4.05. The molecule has 2 heteroatoms. The number of ether oxygens (including phenoxy) is 2. The first-order chi connectivity index (χ1) is 9.33. The molecule has 0 spiro atoms. The molecule has 1 aliphatic rings. The van der Waals surface area contributed by atoms with Gasteiger partial charge < -0.3 is 9.47 Å². The minimum Gasteiger partial charge on any atom is -0.497 e. The average Bonchev–Trinajstić information content (AvgIpc) is 2.92. The Hall–Kier alpha value is -1.02. The summed E-state index contributed by atoms with van der Waals surface area (Å²) in [5, 5.41) is 0. The van der Waals surface area contributed by atoms with Crippen LogP contribution in [0.1, 0.15) is 56.9 Å². The van der Waals surface area contributed by atoms with Crippen molar-refractivity contribution in [2.45, 2.75) is 57.5 Å². The molecule has 106 valence electrons. The third-order valence-corrected chi connectivity index (χ3v) is 4.05. The first-order valence-corrected chi connectivity index (χ1v) is 7.59. The summed E-state index contributed by atoms with van der Waals surface area (Å²) in [6, 6.07) is 8.44. The van der Waals surface area contributed by atoms with Crippen LogP contribution in [-0.2, 0) is 4.74 Å². The van der Waals surface area contributed by atoms with Crippen LogP contribution in [0.4, 0.5) is 0 Å².